The van der Waals surface area contributed by atoms with E-state index in [1.165, 1.54) is 12.8 Å². The van der Waals surface area contributed by atoms with E-state index in [2.05, 4.69) is 15.9 Å². The van der Waals surface area contributed by atoms with Crippen LogP contribution in [-0.4, -0.2) is 10.1 Å². The zero-order chi connectivity index (χ0) is 7.56. The van der Waals surface area contributed by atoms with Crippen molar-refractivity contribution in [3.8, 4) is 0 Å². The van der Waals surface area contributed by atoms with Crippen molar-refractivity contribution in [2.24, 2.45) is 5.92 Å². The van der Waals surface area contributed by atoms with Crippen LogP contribution >= 0.6 is 27.5 Å². The third kappa shape index (κ3) is 1.96. The Balaban J connectivity index is 2.39. The number of alkyl halides is 1. The Hall–Kier alpha value is 0.440. The first-order valence-corrected chi connectivity index (χ1v) is 4.84. The molecular weight excluding hydrogens is 215 g/mol. The lowest BCUT2D eigenvalue weighted by atomic mass is 10.1. The van der Waals surface area contributed by atoms with Gasteiger partial charge in [0.05, 0.1) is 4.83 Å². The second-order valence-electron chi connectivity index (χ2n) is 2.75. The summed E-state index contributed by atoms with van der Waals surface area (Å²) in [6, 6.07) is 0. The van der Waals surface area contributed by atoms with Crippen molar-refractivity contribution in [3.63, 3.8) is 0 Å². The van der Waals surface area contributed by atoms with E-state index < -0.39 is 0 Å². The van der Waals surface area contributed by atoms with Crippen molar-refractivity contribution in [1.29, 1.82) is 0 Å². The van der Waals surface area contributed by atoms with Crippen LogP contribution in [0.3, 0.4) is 0 Å². The molecule has 1 aliphatic carbocycles. The minimum Gasteiger partial charge on any atom is -0.280 e. The van der Waals surface area contributed by atoms with Gasteiger partial charge in [-0.3, -0.25) is 4.79 Å². The number of carbonyl (C=O) groups excluding carboxylic acids is 1. The largest absolute Gasteiger partial charge is 0.280 e. The normalized spacial score (nSPS) is 23.0. The molecule has 0 saturated heterocycles. The van der Waals surface area contributed by atoms with Crippen LogP contribution < -0.4 is 0 Å². The number of hydrogen-bond donors (Lipinski definition) is 0. The van der Waals surface area contributed by atoms with Crippen molar-refractivity contribution < 1.29 is 4.79 Å². The van der Waals surface area contributed by atoms with Gasteiger partial charge in [0.2, 0.25) is 5.24 Å². The quantitative estimate of drug-likeness (QED) is 0.522. The minimum absolute atomic E-state index is 0.100. The number of carbonyl (C=O) groups is 1. The Morgan fingerprint density at radius 2 is 2.00 bits per heavy atom. The highest BCUT2D eigenvalue weighted by molar-refractivity contribution is 9.10. The summed E-state index contributed by atoms with van der Waals surface area (Å²) in [4.78, 5) is 10.5. The Labute approximate surface area is 74.3 Å². The number of halogens is 2. The van der Waals surface area contributed by atoms with E-state index in [0.717, 1.165) is 12.8 Å². The molecule has 1 fully saturated rings. The van der Waals surface area contributed by atoms with E-state index in [1.54, 1.807) is 0 Å². The topological polar surface area (TPSA) is 17.1 Å². The molecule has 1 saturated carbocycles. The maximum atomic E-state index is 10.6. The molecule has 0 radical (unpaired) electrons. The third-order valence-electron chi connectivity index (χ3n) is 2.03. The molecule has 1 nitrogen and oxygen atoms in total. The SMILES string of the molecule is O=C(Cl)[C@@H](Br)C1CCCC1. The number of rotatable bonds is 2. The summed E-state index contributed by atoms with van der Waals surface area (Å²) >= 11 is 8.61. The van der Waals surface area contributed by atoms with Crippen molar-refractivity contribution in [1.82, 2.24) is 0 Å². The minimum atomic E-state index is -0.244. The Morgan fingerprint density at radius 3 is 2.40 bits per heavy atom. The molecule has 1 aliphatic rings. The highest BCUT2D eigenvalue weighted by Crippen LogP contribution is 2.32. The molecule has 0 aliphatic heterocycles. The molecule has 58 valence electrons. The fraction of sp³-hybridized carbons (Fsp3) is 0.857. The molecule has 3 heteroatoms. The third-order valence-corrected chi connectivity index (χ3v) is 3.69. The van der Waals surface area contributed by atoms with Crippen LogP contribution in [0.1, 0.15) is 25.7 Å². The standard InChI is InChI=1S/C7H10BrClO/c8-6(7(9)10)5-3-1-2-4-5/h5-6H,1-4H2/t6-/m0/s1. The second-order valence-corrected chi connectivity index (χ2v) is 4.11. The molecule has 0 unspecified atom stereocenters. The molecule has 0 spiro atoms. The van der Waals surface area contributed by atoms with E-state index >= 15 is 0 Å². The molecule has 10 heavy (non-hydrogen) atoms. The van der Waals surface area contributed by atoms with Gasteiger partial charge in [-0.25, -0.2) is 0 Å². The average molecular weight is 226 g/mol. The second kappa shape index (κ2) is 3.72. The molecule has 0 N–H and O–H groups in total. The molecule has 0 heterocycles. The lowest BCUT2D eigenvalue weighted by Gasteiger charge is -2.11. The summed E-state index contributed by atoms with van der Waals surface area (Å²) in [5.41, 5.74) is 0. The molecule has 1 rings (SSSR count). The van der Waals surface area contributed by atoms with E-state index in [-0.39, 0.29) is 10.1 Å². The lowest BCUT2D eigenvalue weighted by molar-refractivity contribution is -0.111. The van der Waals surface area contributed by atoms with Gasteiger partial charge in [-0.05, 0) is 30.4 Å². The predicted octanol–water partition coefficient (Wildman–Crippen LogP) is 2.71. The highest BCUT2D eigenvalue weighted by Gasteiger charge is 2.26. The molecule has 0 amide bonds. The van der Waals surface area contributed by atoms with Gasteiger partial charge in [-0.15, -0.1) is 0 Å². The van der Waals surface area contributed by atoms with Crippen molar-refractivity contribution in [2.45, 2.75) is 30.5 Å². The average Bonchev–Trinajstić information content (AvgIpc) is 2.36. The monoisotopic (exact) mass is 224 g/mol. The first-order chi connectivity index (χ1) is 4.72. The van der Waals surface area contributed by atoms with E-state index in [9.17, 15) is 4.79 Å². The smallest absolute Gasteiger partial charge is 0.235 e. The molecule has 0 bridgehead atoms. The fourth-order valence-corrected chi connectivity index (χ4v) is 2.14. The Morgan fingerprint density at radius 1 is 1.50 bits per heavy atom. The molecule has 0 aromatic heterocycles. The van der Waals surface area contributed by atoms with Gasteiger partial charge >= 0.3 is 0 Å². The molecule has 0 aromatic carbocycles. The van der Waals surface area contributed by atoms with E-state index in [0.29, 0.717) is 5.92 Å². The Bertz CT molecular complexity index is 132. The zero-order valence-electron chi connectivity index (χ0n) is 5.65. The maximum Gasteiger partial charge on any atom is 0.235 e. The molecular formula is C7H10BrClO. The van der Waals surface area contributed by atoms with Crippen LogP contribution in [0.4, 0.5) is 0 Å². The summed E-state index contributed by atoms with van der Waals surface area (Å²) in [6.07, 6.45) is 4.79. The molecule has 1 atom stereocenters. The van der Waals surface area contributed by atoms with Gasteiger partial charge in [0.1, 0.15) is 0 Å². The van der Waals surface area contributed by atoms with Gasteiger partial charge in [0.25, 0.3) is 0 Å². The summed E-state index contributed by atoms with van der Waals surface area (Å²) < 4.78 is 0. The van der Waals surface area contributed by atoms with Crippen LogP contribution in [0.5, 0.6) is 0 Å². The van der Waals surface area contributed by atoms with Gasteiger partial charge in [-0.1, -0.05) is 28.8 Å². The van der Waals surface area contributed by atoms with Crippen LogP contribution in [0.2, 0.25) is 0 Å². The first-order valence-electron chi connectivity index (χ1n) is 3.55. The van der Waals surface area contributed by atoms with Crippen LogP contribution in [0, 0.1) is 5.92 Å². The van der Waals surface area contributed by atoms with Gasteiger partial charge in [0, 0.05) is 0 Å². The van der Waals surface area contributed by atoms with Crippen LogP contribution in [0.15, 0.2) is 0 Å². The van der Waals surface area contributed by atoms with Gasteiger partial charge < -0.3 is 0 Å². The fourth-order valence-electron chi connectivity index (χ4n) is 1.44. The lowest BCUT2D eigenvalue weighted by Crippen LogP contribution is -2.17. The maximum absolute atomic E-state index is 10.6. The van der Waals surface area contributed by atoms with Gasteiger partial charge in [0.15, 0.2) is 0 Å². The Kier molecular flexibility index (Phi) is 3.18. The van der Waals surface area contributed by atoms with Gasteiger partial charge in [-0.2, -0.15) is 0 Å². The van der Waals surface area contributed by atoms with Crippen LogP contribution in [0.25, 0.3) is 0 Å². The van der Waals surface area contributed by atoms with E-state index in [4.69, 9.17) is 11.6 Å². The summed E-state index contributed by atoms with van der Waals surface area (Å²) in [5, 5.41) is -0.244. The van der Waals surface area contributed by atoms with Crippen molar-refractivity contribution in [2.75, 3.05) is 0 Å². The first kappa shape index (κ1) is 8.54. The number of hydrogen-bond acceptors (Lipinski definition) is 1. The van der Waals surface area contributed by atoms with E-state index in [1.807, 2.05) is 0 Å². The zero-order valence-corrected chi connectivity index (χ0v) is 7.99. The van der Waals surface area contributed by atoms with Crippen molar-refractivity contribution >= 4 is 32.8 Å². The highest BCUT2D eigenvalue weighted by atomic mass is 79.9. The predicted molar refractivity (Wildman–Crippen MR) is 45.5 cm³/mol. The molecule has 0 aromatic rings. The van der Waals surface area contributed by atoms with Crippen molar-refractivity contribution in [3.05, 3.63) is 0 Å². The summed E-state index contributed by atoms with van der Waals surface area (Å²) in [7, 11) is 0. The summed E-state index contributed by atoms with van der Waals surface area (Å²) in [6.45, 7) is 0. The van der Waals surface area contributed by atoms with Crippen LogP contribution in [-0.2, 0) is 4.79 Å². The summed E-state index contributed by atoms with van der Waals surface area (Å²) in [5.74, 6) is 0.491.